The fraction of sp³-hybridized carbons (Fsp3) is 0.450. The summed E-state index contributed by atoms with van der Waals surface area (Å²) in [4.78, 5) is 23.2. The second-order valence-corrected chi connectivity index (χ2v) is 6.80. The van der Waals surface area contributed by atoms with Gasteiger partial charge in [0.05, 0.1) is 11.3 Å². The zero-order valence-electron chi connectivity index (χ0n) is 14.8. The van der Waals surface area contributed by atoms with Crippen LogP contribution in [0.3, 0.4) is 0 Å². The van der Waals surface area contributed by atoms with Crippen LogP contribution in [0.25, 0.3) is 0 Å². The maximum absolute atomic E-state index is 12.1. The summed E-state index contributed by atoms with van der Waals surface area (Å²) in [5.41, 5.74) is 2.68. The van der Waals surface area contributed by atoms with E-state index in [9.17, 15) is 4.79 Å². The molecule has 1 aliphatic rings. The third kappa shape index (κ3) is 5.36. The zero-order valence-corrected chi connectivity index (χ0v) is 14.8. The molecular formula is C20H26N4O. The van der Waals surface area contributed by atoms with E-state index in [1.807, 2.05) is 37.4 Å². The summed E-state index contributed by atoms with van der Waals surface area (Å²) < 4.78 is 0. The van der Waals surface area contributed by atoms with Crippen molar-refractivity contribution in [2.24, 2.45) is 5.92 Å². The SMILES string of the molecule is Cc1ccc(C(=O)NCC[C@@H]2CCCN(Cc3ccccn3)C2)cn1. The van der Waals surface area contributed by atoms with Gasteiger partial charge in [-0.15, -0.1) is 0 Å². The molecule has 1 aliphatic heterocycles. The van der Waals surface area contributed by atoms with Gasteiger partial charge in [-0.2, -0.15) is 0 Å². The van der Waals surface area contributed by atoms with Crippen molar-refractivity contribution in [2.45, 2.75) is 32.7 Å². The summed E-state index contributed by atoms with van der Waals surface area (Å²) in [6.07, 6.45) is 6.96. The minimum Gasteiger partial charge on any atom is -0.352 e. The van der Waals surface area contributed by atoms with Crippen LogP contribution in [0.4, 0.5) is 0 Å². The molecule has 5 nitrogen and oxygen atoms in total. The largest absolute Gasteiger partial charge is 0.352 e. The van der Waals surface area contributed by atoms with Gasteiger partial charge in [-0.3, -0.25) is 19.7 Å². The summed E-state index contributed by atoms with van der Waals surface area (Å²) >= 11 is 0. The van der Waals surface area contributed by atoms with Gasteiger partial charge in [0.2, 0.25) is 0 Å². The molecule has 0 radical (unpaired) electrons. The van der Waals surface area contributed by atoms with Gasteiger partial charge in [0.25, 0.3) is 5.91 Å². The van der Waals surface area contributed by atoms with Crippen molar-refractivity contribution in [3.05, 3.63) is 59.7 Å². The van der Waals surface area contributed by atoms with Crippen molar-refractivity contribution in [1.29, 1.82) is 0 Å². The molecule has 25 heavy (non-hydrogen) atoms. The highest BCUT2D eigenvalue weighted by Gasteiger charge is 2.20. The lowest BCUT2D eigenvalue weighted by Crippen LogP contribution is -2.36. The molecule has 2 aromatic heterocycles. The number of amides is 1. The number of nitrogens with zero attached hydrogens (tertiary/aromatic N) is 3. The lowest BCUT2D eigenvalue weighted by molar-refractivity contribution is 0.0946. The van der Waals surface area contributed by atoms with E-state index < -0.39 is 0 Å². The molecule has 1 saturated heterocycles. The standard InChI is InChI=1S/C20H26N4O/c1-16-7-8-18(13-23-16)20(25)22-11-9-17-5-4-12-24(14-17)15-19-6-2-3-10-21-19/h2-3,6-8,10,13,17H,4-5,9,11-12,14-15H2,1H3,(H,22,25)/t17-/m0/s1. The molecule has 0 unspecified atom stereocenters. The van der Waals surface area contributed by atoms with Crippen LogP contribution in [-0.2, 0) is 6.54 Å². The monoisotopic (exact) mass is 338 g/mol. The third-order valence-corrected chi connectivity index (χ3v) is 4.73. The highest BCUT2D eigenvalue weighted by atomic mass is 16.1. The van der Waals surface area contributed by atoms with Gasteiger partial charge in [0.1, 0.15) is 0 Å². The predicted octanol–water partition coefficient (Wildman–Crippen LogP) is 2.82. The Morgan fingerprint density at radius 2 is 2.20 bits per heavy atom. The van der Waals surface area contributed by atoms with Crippen LogP contribution in [0.1, 0.15) is 41.0 Å². The van der Waals surface area contributed by atoms with Gasteiger partial charge in [0, 0.05) is 37.7 Å². The van der Waals surface area contributed by atoms with E-state index in [1.165, 1.54) is 12.8 Å². The fourth-order valence-electron chi connectivity index (χ4n) is 3.35. The van der Waals surface area contributed by atoms with Crippen molar-refractivity contribution in [3.63, 3.8) is 0 Å². The number of likely N-dealkylation sites (tertiary alicyclic amines) is 1. The average molecular weight is 338 g/mol. The first-order valence-electron chi connectivity index (χ1n) is 9.04. The van der Waals surface area contributed by atoms with Gasteiger partial charge in [0.15, 0.2) is 0 Å². The van der Waals surface area contributed by atoms with E-state index in [4.69, 9.17) is 0 Å². The third-order valence-electron chi connectivity index (χ3n) is 4.73. The van der Waals surface area contributed by atoms with E-state index in [2.05, 4.69) is 26.3 Å². The van der Waals surface area contributed by atoms with Gasteiger partial charge in [-0.1, -0.05) is 6.07 Å². The van der Waals surface area contributed by atoms with Crippen molar-refractivity contribution in [1.82, 2.24) is 20.2 Å². The quantitative estimate of drug-likeness (QED) is 0.880. The minimum atomic E-state index is -0.0337. The van der Waals surface area contributed by atoms with Gasteiger partial charge >= 0.3 is 0 Å². The molecule has 1 amide bonds. The number of piperidine rings is 1. The van der Waals surface area contributed by atoms with Gasteiger partial charge in [-0.05, 0) is 62.9 Å². The van der Waals surface area contributed by atoms with Gasteiger partial charge < -0.3 is 5.32 Å². The molecular weight excluding hydrogens is 312 g/mol. The fourth-order valence-corrected chi connectivity index (χ4v) is 3.35. The summed E-state index contributed by atoms with van der Waals surface area (Å²) in [6.45, 7) is 5.77. The Labute approximate surface area is 149 Å². The number of carbonyl (C=O) groups is 1. The zero-order chi connectivity index (χ0) is 17.5. The van der Waals surface area contributed by atoms with Crippen molar-refractivity contribution in [2.75, 3.05) is 19.6 Å². The van der Waals surface area contributed by atoms with E-state index in [0.717, 1.165) is 44.0 Å². The molecule has 3 heterocycles. The van der Waals surface area contributed by atoms with Crippen LogP contribution in [0.2, 0.25) is 0 Å². The molecule has 0 bridgehead atoms. The number of rotatable bonds is 6. The number of hydrogen-bond acceptors (Lipinski definition) is 4. The van der Waals surface area contributed by atoms with Crippen LogP contribution in [0.15, 0.2) is 42.7 Å². The first-order valence-corrected chi connectivity index (χ1v) is 9.04. The van der Waals surface area contributed by atoms with Crippen LogP contribution in [0, 0.1) is 12.8 Å². The van der Waals surface area contributed by atoms with Crippen LogP contribution >= 0.6 is 0 Å². The molecule has 0 aromatic carbocycles. The molecule has 0 spiro atoms. The second-order valence-electron chi connectivity index (χ2n) is 6.80. The number of carbonyl (C=O) groups excluding carboxylic acids is 1. The Bertz CT molecular complexity index is 672. The maximum atomic E-state index is 12.1. The second kappa shape index (κ2) is 8.72. The number of pyridine rings is 2. The summed E-state index contributed by atoms with van der Waals surface area (Å²) in [6, 6.07) is 9.77. The van der Waals surface area contributed by atoms with Crippen LogP contribution < -0.4 is 5.32 Å². The molecule has 3 rings (SSSR count). The average Bonchev–Trinajstić information content (AvgIpc) is 2.63. The smallest absolute Gasteiger partial charge is 0.252 e. The Morgan fingerprint density at radius 3 is 2.96 bits per heavy atom. The first-order chi connectivity index (χ1) is 12.2. The summed E-state index contributed by atoms with van der Waals surface area (Å²) in [7, 11) is 0. The molecule has 0 saturated carbocycles. The number of aryl methyl sites for hydroxylation is 1. The van der Waals surface area contributed by atoms with E-state index in [0.29, 0.717) is 11.5 Å². The minimum absolute atomic E-state index is 0.0337. The lowest BCUT2D eigenvalue weighted by atomic mass is 9.94. The highest BCUT2D eigenvalue weighted by molar-refractivity contribution is 5.93. The first kappa shape index (κ1) is 17.5. The lowest BCUT2D eigenvalue weighted by Gasteiger charge is -2.32. The van der Waals surface area contributed by atoms with Crippen molar-refractivity contribution >= 4 is 5.91 Å². The molecule has 1 fully saturated rings. The van der Waals surface area contributed by atoms with E-state index >= 15 is 0 Å². The predicted molar refractivity (Wildman–Crippen MR) is 98.2 cm³/mol. The Balaban J connectivity index is 1.42. The number of nitrogens with one attached hydrogen (secondary N) is 1. The Hall–Kier alpha value is -2.27. The molecule has 2 aromatic rings. The van der Waals surface area contributed by atoms with Crippen molar-refractivity contribution < 1.29 is 4.79 Å². The topological polar surface area (TPSA) is 58.1 Å². The maximum Gasteiger partial charge on any atom is 0.252 e. The molecule has 0 aliphatic carbocycles. The normalized spacial score (nSPS) is 18.0. The molecule has 1 N–H and O–H groups in total. The number of hydrogen-bond donors (Lipinski definition) is 1. The van der Waals surface area contributed by atoms with Crippen molar-refractivity contribution in [3.8, 4) is 0 Å². The Morgan fingerprint density at radius 1 is 1.28 bits per heavy atom. The van der Waals surface area contributed by atoms with Gasteiger partial charge in [-0.25, -0.2) is 0 Å². The summed E-state index contributed by atoms with van der Waals surface area (Å²) in [5, 5.41) is 3.02. The van der Waals surface area contributed by atoms with E-state index in [1.54, 1.807) is 6.20 Å². The summed E-state index contributed by atoms with van der Waals surface area (Å²) in [5.74, 6) is 0.600. The van der Waals surface area contributed by atoms with Crippen LogP contribution in [0.5, 0.6) is 0 Å². The Kier molecular flexibility index (Phi) is 6.12. The highest BCUT2D eigenvalue weighted by Crippen LogP contribution is 2.20. The van der Waals surface area contributed by atoms with Crippen LogP contribution in [-0.4, -0.2) is 40.4 Å². The molecule has 5 heteroatoms. The number of aromatic nitrogens is 2. The van der Waals surface area contributed by atoms with E-state index in [-0.39, 0.29) is 5.91 Å². The molecule has 1 atom stereocenters. The molecule has 132 valence electrons.